The largest absolute Gasteiger partial charge is 0.416 e. The van der Waals surface area contributed by atoms with Gasteiger partial charge in [-0.3, -0.25) is 4.79 Å². The molecule has 0 radical (unpaired) electrons. The Bertz CT molecular complexity index is 719. The standard InChI is InChI=1S/C17H15F6NOS/c1-2-4-24(9-11-3-5-26-10-11)15(25)12-6-13(16(18,19)20)8-14(7-12)17(21,22)23/h3,5-8,10H,2,4,9H2,1H3. The summed E-state index contributed by atoms with van der Waals surface area (Å²) < 4.78 is 77.8. The first-order valence-corrected chi connectivity index (χ1v) is 8.56. The topological polar surface area (TPSA) is 20.3 Å². The van der Waals surface area contributed by atoms with Crippen LogP contribution in [0.25, 0.3) is 0 Å². The van der Waals surface area contributed by atoms with Crippen molar-refractivity contribution in [2.24, 2.45) is 0 Å². The Hall–Kier alpha value is -2.03. The molecule has 0 spiro atoms. The summed E-state index contributed by atoms with van der Waals surface area (Å²) >= 11 is 1.38. The first-order chi connectivity index (χ1) is 12.0. The molecule has 0 aliphatic heterocycles. The van der Waals surface area contributed by atoms with E-state index in [4.69, 9.17) is 0 Å². The van der Waals surface area contributed by atoms with Gasteiger partial charge in [-0.25, -0.2) is 0 Å². The van der Waals surface area contributed by atoms with Gasteiger partial charge in [0.25, 0.3) is 5.91 Å². The predicted octanol–water partition coefficient (Wildman–Crippen LogP) is 5.84. The number of carbonyl (C=O) groups is 1. The van der Waals surface area contributed by atoms with Crippen LogP contribution in [0.15, 0.2) is 35.0 Å². The molecule has 0 saturated heterocycles. The molecule has 1 aromatic heterocycles. The molecule has 142 valence electrons. The second kappa shape index (κ2) is 7.69. The van der Waals surface area contributed by atoms with E-state index in [9.17, 15) is 31.1 Å². The summed E-state index contributed by atoms with van der Waals surface area (Å²) in [7, 11) is 0. The molecule has 2 nitrogen and oxygen atoms in total. The van der Waals surface area contributed by atoms with Crippen molar-refractivity contribution in [3.8, 4) is 0 Å². The fraction of sp³-hybridized carbons (Fsp3) is 0.353. The fourth-order valence-corrected chi connectivity index (χ4v) is 3.05. The molecular formula is C17H15F6NOS. The van der Waals surface area contributed by atoms with E-state index in [2.05, 4.69) is 0 Å². The number of rotatable bonds is 5. The number of benzene rings is 1. The van der Waals surface area contributed by atoms with E-state index in [1.165, 1.54) is 16.2 Å². The van der Waals surface area contributed by atoms with Crippen LogP contribution in [0.3, 0.4) is 0 Å². The van der Waals surface area contributed by atoms with Gasteiger partial charge in [-0.15, -0.1) is 0 Å². The highest BCUT2D eigenvalue weighted by molar-refractivity contribution is 7.07. The summed E-state index contributed by atoms with van der Waals surface area (Å²) in [5.41, 5.74) is -2.86. The highest BCUT2D eigenvalue weighted by Crippen LogP contribution is 2.36. The van der Waals surface area contributed by atoms with Gasteiger partial charge in [-0.2, -0.15) is 37.7 Å². The summed E-state index contributed by atoms with van der Waals surface area (Å²) in [4.78, 5) is 13.9. The van der Waals surface area contributed by atoms with Gasteiger partial charge in [0.1, 0.15) is 0 Å². The number of hydrogen-bond donors (Lipinski definition) is 0. The Morgan fingerprint density at radius 2 is 1.62 bits per heavy atom. The molecular weight excluding hydrogens is 380 g/mol. The highest BCUT2D eigenvalue weighted by atomic mass is 32.1. The van der Waals surface area contributed by atoms with Crippen LogP contribution in [0, 0.1) is 0 Å². The first-order valence-electron chi connectivity index (χ1n) is 7.62. The van der Waals surface area contributed by atoms with Crippen LogP contribution in [0.1, 0.15) is 40.4 Å². The lowest BCUT2D eigenvalue weighted by molar-refractivity contribution is -0.143. The van der Waals surface area contributed by atoms with Crippen molar-refractivity contribution in [1.82, 2.24) is 4.90 Å². The zero-order chi connectivity index (χ0) is 19.5. The van der Waals surface area contributed by atoms with E-state index in [1.807, 2.05) is 0 Å². The van der Waals surface area contributed by atoms with E-state index in [0.29, 0.717) is 18.6 Å². The third kappa shape index (κ3) is 5.00. The average molecular weight is 395 g/mol. The van der Waals surface area contributed by atoms with Gasteiger partial charge in [0.2, 0.25) is 0 Å². The molecule has 1 aromatic carbocycles. The van der Waals surface area contributed by atoms with Crippen LogP contribution in [-0.2, 0) is 18.9 Å². The molecule has 1 amide bonds. The summed E-state index contributed by atoms with van der Waals surface area (Å²) in [6.45, 7) is 2.10. The molecule has 2 rings (SSSR count). The molecule has 0 saturated carbocycles. The minimum atomic E-state index is -4.99. The average Bonchev–Trinajstić information content (AvgIpc) is 3.05. The molecule has 2 aromatic rings. The number of amides is 1. The Morgan fingerprint density at radius 3 is 2.04 bits per heavy atom. The zero-order valence-electron chi connectivity index (χ0n) is 13.6. The normalized spacial score (nSPS) is 12.3. The summed E-state index contributed by atoms with van der Waals surface area (Å²) in [5.74, 6) is -0.866. The SMILES string of the molecule is CCCN(Cc1ccsc1)C(=O)c1cc(C(F)(F)F)cc(C(F)(F)F)c1. The summed E-state index contributed by atoms with van der Waals surface area (Å²) in [6.07, 6.45) is -9.46. The Labute approximate surface area is 150 Å². The fourth-order valence-electron chi connectivity index (χ4n) is 2.39. The minimum Gasteiger partial charge on any atom is -0.334 e. The lowest BCUT2D eigenvalue weighted by atomic mass is 10.0. The molecule has 26 heavy (non-hydrogen) atoms. The maximum absolute atomic E-state index is 13.0. The van der Waals surface area contributed by atoms with Gasteiger partial charge in [-0.05, 0) is 47.0 Å². The van der Waals surface area contributed by atoms with Crippen LogP contribution in [0.2, 0.25) is 0 Å². The zero-order valence-corrected chi connectivity index (χ0v) is 14.4. The van der Waals surface area contributed by atoms with E-state index < -0.39 is 35.0 Å². The molecule has 9 heteroatoms. The molecule has 0 aliphatic rings. The van der Waals surface area contributed by atoms with Crippen molar-refractivity contribution < 1.29 is 31.1 Å². The van der Waals surface area contributed by atoms with Crippen LogP contribution in [-0.4, -0.2) is 17.4 Å². The Morgan fingerprint density at radius 1 is 1.04 bits per heavy atom. The quantitative estimate of drug-likeness (QED) is 0.583. The van der Waals surface area contributed by atoms with Gasteiger partial charge in [0.15, 0.2) is 0 Å². The minimum absolute atomic E-state index is 0.0137. The number of alkyl halides is 6. The number of hydrogen-bond acceptors (Lipinski definition) is 2. The van der Waals surface area contributed by atoms with E-state index >= 15 is 0 Å². The van der Waals surface area contributed by atoms with E-state index in [-0.39, 0.29) is 19.2 Å². The number of halogens is 6. The van der Waals surface area contributed by atoms with Crippen LogP contribution < -0.4 is 0 Å². The van der Waals surface area contributed by atoms with Crippen molar-refractivity contribution in [3.63, 3.8) is 0 Å². The highest BCUT2D eigenvalue weighted by Gasteiger charge is 2.37. The third-order valence-corrected chi connectivity index (χ3v) is 4.30. The van der Waals surface area contributed by atoms with Crippen LogP contribution in [0.5, 0.6) is 0 Å². The first kappa shape index (κ1) is 20.3. The van der Waals surface area contributed by atoms with Gasteiger partial charge in [0.05, 0.1) is 11.1 Å². The maximum atomic E-state index is 13.0. The monoisotopic (exact) mass is 395 g/mol. The second-order valence-corrected chi connectivity index (χ2v) is 6.43. The molecule has 0 aliphatic carbocycles. The molecule has 0 N–H and O–H groups in total. The van der Waals surface area contributed by atoms with Crippen molar-refractivity contribution in [2.75, 3.05) is 6.54 Å². The number of thiophene rings is 1. The number of nitrogens with zero attached hydrogens (tertiary/aromatic N) is 1. The van der Waals surface area contributed by atoms with Crippen molar-refractivity contribution in [2.45, 2.75) is 32.2 Å². The molecule has 0 fully saturated rings. The van der Waals surface area contributed by atoms with Crippen molar-refractivity contribution >= 4 is 17.2 Å². The van der Waals surface area contributed by atoms with Gasteiger partial charge in [0, 0.05) is 18.7 Å². The van der Waals surface area contributed by atoms with Gasteiger partial charge < -0.3 is 4.90 Å². The van der Waals surface area contributed by atoms with Gasteiger partial charge in [-0.1, -0.05) is 6.92 Å². The molecule has 0 bridgehead atoms. The van der Waals surface area contributed by atoms with Crippen LogP contribution in [0.4, 0.5) is 26.3 Å². The molecule has 0 atom stereocenters. The molecule has 0 unspecified atom stereocenters. The predicted molar refractivity (Wildman–Crippen MR) is 85.8 cm³/mol. The second-order valence-electron chi connectivity index (χ2n) is 5.65. The van der Waals surface area contributed by atoms with E-state index in [0.717, 1.165) is 5.56 Å². The van der Waals surface area contributed by atoms with Crippen molar-refractivity contribution in [3.05, 3.63) is 57.3 Å². The lowest BCUT2D eigenvalue weighted by Crippen LogP contribution is -2.31. The van der Waals surface area contributed by atoms with Gasteiger partial charge >= 0.3 is 12.4 Å². The number of carbonyl (C=O) groups excluding carboxylic acids is 1. The van der Waals surface area contributed by atoms with Crippen LogP contribution >= 0.6 is 11.3 Å². The maximum Gasteiger partial charge on any atom is 0.416 e. The van der Waals surface area contributed by atoms with Crippen molar-refractivity contribution in [1.29, 1.82) is 0 Å². The Kier molecular flexibility index (Phi) is 6.00. The summed E-state index contributed by atoms with van der Waals surface area (Å²) in [5, 5.41) is 3.54. The lowest BCUT2D eigenvalue weighted by Gasteiger charge is -2.23. The summed E-state index contributed by atoms with van der Waals surface area (Å²) in [6, 6.07) is 2.69. The Balaban J connectivity index is 2.44. The third-order valence-electron chi connectivity index (χ3n) is 3.57. The molecule has 1 heterocycles. The smallest absolute Gasteiger partial charge is 0.334 e. The van der Waals surface area contributed by atoms with E-state index in [1.54, 1.807) is 23.8 Å².